The van der Waals surface area contributed by atoms with Crippen LogP contribution in [0.15, 0.2) is 22.2 Å². The van der Waals surface area contributed by atoms with Gasteiger partial charge in [0.1, 0.15) is 11.6 Å². The molecule has 0 radical (unpaired) electrons. The zero-order valence-electron chi connectivity index (χ0n) is 9.08. The molecule has 3 nitrogen and oxygen atoms in total. The molecule has 0 spiro atoms. The molecule has 0 saturated carbocycles. The molecule has 104 valence electrons. The predicted octanol–water partition coefficient (Wildman–Crippen LogP) is 2.61. The second kappa shape index (κ2) is 4.77. The van der Waals surface area contributed by atoms with Gasteiger partial charge in [-0.3, -0.25) is 0 Å². The Morgan fingerprint density at radius 2 is 1.89 bits per heavy atom. The molecular formula is C11H7BrF4O3. The van der Waals surface area contributed by atoms with E-state index in [1.807, 2.05) is 0 Å². The average molecular weight is 343 g/mol. The van der Waals surface area contributed by atoms with Gasteiger partial charge in [-0.15, -0.1) is 0 Å². The molecule has 0 saturated heterocycles. The van der Waals surface area contributed by atoms with E-state index in [0.717, 1.165) is 12.1 Å². The van der Waals surface area contributed by atoms with Crippen molar-refractivity contribution in [2.24, 2.45) is 0 Å². The highest BCUT2D eigenvalue weighted by Crippen LogP contribution is 2.42. The summed E-state index contributed by atoms with van der Waals surface area (Å²) in [7, 11) is 0. The molecule has 1 aromatic carbocycles. The molecule has 1 unspecified atom stereocenters. The number of halogens is 5. The summed E-state index contributed by atoms with van der Waals surface area (Å²) in [5, 5.41) is 17.9. The summed E-state index contributed by atoms with van der Waals surface area (Å²) >= 11 is 2.95. The molecule has 1 aromatic rings. The number of aliphatic hydroxyl groups excluding tert-OH is 1. The first-order chi connectivity index (χ1) is 8.71. The molecule has 0 amide bonds. The van der Waals surface area contributed by atoms with Crippen LogP contribution in [0.25, 0.3) is 6.08 Å². The normalized spacial score (nSPS) is 18.9. The summed E-state index contributed by atoms with van der Waals surface area (Å²) in [5.74, 6) is -1.15. The summed E-state index contributed by atoms with van der Waals surface area (Å²) in [5.41, 5.74) is -1.13. The molecule has 1 aliphatic heterocycles. The van der Waals surface area contributed by atoms with Crippen LogP contribution < -0.4 is 4.74 Å². The third-order valence-electron chi connectivity index (χ3n) is 2.54. The van der Waals surface area contributed by atoms with Crippen molar-refractivity contribution < 1.29 is 32.5 Å². The largest absolute Gasteiger partial charge is 0.474 e. The second-order valence-electron chi connectivity index (χ2n) is 3.83. The molecular weight excluding hydrogens is 336 g/mol. The minimum atomic E-state index is -4.85. The lowest BCUT2D eigenvalue weighted by molar-refractivity contribution is -0.192. The lowest BCUT2D eigenvalue weighted by Crippen LogP contribution is -2.41. The van der Waals surface area contributed by atoms with Gasteiger partial charge in [0, 0.05) is 5.57 Å². The third-order valence-corrected chi connectivity index (χ3v) is 3.16. The Bertz CT molecular complexity index is 539. The van der Waals surface area contributed by atoms with Gasteiger partial charge in [-0.05, 0) is 34.1 Å². The van der Waals surface area contributed by atoms with Crippen LogP contribution in [0.5, 0.6) is 5.75 Å². The Labute approximate surface area is 113 Å². The quantitative estimate of drug-likeness (QED) is 0.609. The minimum absolute atomic E-state index is 0.140. The SMILES string of the molecule is OC(O)C1=Cc2c(F)ccc(Br)c2OC1C(F)(F)F. The Morgan fingerprint density at radius 3 is 2.42 bits per heavy atom. The van der Waals surface area contributed by atoms with Gasteiger partial charge in [0.15, 0.2) is 6.29 Å². The summed E-state index contributed by atoms with van der Waals surface area (Å²) in [6.07, 6.45) is -9.03. The number of hydrogen-bond donors (Lipinski definition) is 2. The van der Waals surface area contributed by atoms with E-state index in [4.69, 9.17) is 10.2 Å². The molecule has 0 aliphatic carbocycles. The number of aliphatic hydroxyl groups is 2. The molecule has 2 rings (SSSR count). The maximum absolute atomic E-state index is 13.5. The number of benzene rings is 1. The van der Waals surface area contributed by atoms with Crippen molar-refractivity contribution in [1.82, 2.24) is 0 Å². The van der Waals surface area contributed by atoms with Crippen LogP contribution in [0.3, 0.4) is 0 Å². The fourth-order valence-electron chi connectivity index (χ4n) is 1.70. The van der Waals surface area contributed by atoms with Crippen LogP contribution >= 0.6 is 15.9 Å². The summed E-state index contributed by atoms with van der Waals surface area (Å²) < 4.78 is 56.7. The molecule has 0 aromatic heterocycles. The topological polar surface area (TPSA) is 49.7 Å². The molecule has 2 N–H and O–H groups in total. The van der Waals surface area contributed by atoms with Gasteiger partial charge in [-0.1, -0.05) is 0 Å². The van der Waals surface area contributed by atoms with Gasteiger partial charge in [-0.25, -0.2) is 4.39 Å². The fourth-order valence-corrected chi connectivity index (χ4v) is 2.14. The van der Waals surface area contributed by atoms with E-state index in [1.54, 1.807) is 0 Å². The van der Waals surface area contributed by atoms with E-state index >= 15 is 0 Å². The number of alkyl halides is 3. The highest BCUT2D eigenvalue weighted by molar-refractivity contribution is 9.10. The molecule has 0 fully saturated rings. The number of rotatable bonds is 1. The van der Waals surface area contributed by atoms with Crippen LogP contribution in [0.1, 0.15) is 5.56 Å². The summed E-state index contributed by atoms with van der Waals surface area (Å²) in [6.45, 7) is 0. The van der Waals surface area contributed by atoms with Crippen molar-refractivity contribution >= 4 is 22.0 Å². The van der Waals surface area contributed by atoms with E-state index in [9.17, 15) is 17.6 Å². The van der Waals surface area contributed by atoms with Crippen molar-refractivity contribution in [3.63, 3.8) is 0 Å². The Balaban J connectivity index is 2.61. The van der Waals surface area contributed by atoms with E-state index in [2.05, 4.69) is 20.7 Å². The Hall–Kier alpha value is -1.12. The van der Waals surface area contributed by atoms with Crippen molar-refractivity contribution in [2.45, 2.75) is 18.6 Å². The van der Waals surface area contributed by atoms with Crippen molar-refractivity contribution in [3.8, 4) is 5.75 Å². The molecule has 0 bridgehead atoms. The highest BCUT2D eigenvalue weighted by Gasteiger charge is 2.48. The van der Waals surface area contributed by atoms with Crippen molar-refractivity contribution in [3.05, 3.63) is 33.6 Å². The summed E-state index contributed by atoms with van der Waals surface area (Å²) in [4.78, 5) is 0. The molecule has 1 aliphatic rings. The third kappa shape index (κ3) is 2.60. The predicted molar refractivity (Wildman–Crippen MR) is 60.8 cm³/mol. The van der Waals surface area contributed by atoms with Gasteiger partial charge >= 0.3 is 6.18 Å². The standard InChI is InChI=1S/C11H7BrF4O3/c12-6-1-2-7(13)4-3-5(10(17)18)9(11(14,15)16)19-8(4)6/h1-3,9-10,17-18H. The number of ether oxygens (including phenoxy) is 1. The first kappa shape index (κ1) is 14.3. The molecule has 19 heavy (non-hydrogen) atoms. The zero-order chi connectivity index (χ0) is 14.4. The van der Waals surface area contributed by atoms with E-state index in [-0.39, 0.29) is 15.8 Å². The average Bonchev–Trinajstić information content (AvgIpc) is 2.31. The van der Waals surface area contributed by atoms with Crippen LogP contribution in [0, 0.1) is 5.82 Å². The number of hydrogen-bond acceptors (Lipinski definition) is 3. The van der Waals surface area contributed by atoms with E-state index < -0.39 is 30.0 Å². The Morgan fingerprint density at radius 1 is 1.26 bits per heavy atom. The van der Waals surface area contributed by atoms with Gasteiger partial charge in [0.05, 0.1) is 10.0 Å². The van der Waals surface area contributed by atoms with Gasteiger partial charge in [0.25, 0.3) is 0 Å². The van der Waals surface area contributed by atoms with Crippen LogP contribution in [0.2, 0.25) is 0 Å². The van der Waals surface area contributed by atoms with Crippen LogP contribution in [-0.4, -0.2) is 28.8 Å². The monoisotopic (exact) mass is 342 g/mol. The van der Waals surface area contributed by atoms with E-state index in [1.165, 1.54) is 6.07 Å². The maximum atomic E-state index is 13.5. The number of fused-ring (bicyclic) bond motifs is 1. The van der Waals surface area contributed by atoms with Gasteiger partial charge in [-0.2, -0.15) is 13.2 Å². The fraction of sp³-hybridized carbons (Fsp3) is 0.273. The highest BCUT2D eigenvalue weighted by atomic mass is 79.9. The molecule has 1 atom stereocenters. The van der Waals surface area contributed by atoms with Crippen LogP contribution in [0.4, 0.5) is 17.6 Å². The molecule has 8 heteroatoms. The minimum Gasteiger partial charge on any atom is -0.474 e. The first-order valence-electron chi connectivity index (χ1n) is 5.01. The Kier molecular flexibility index (Phi) is 3.59. The van der Waals surface area contributed by atoms with E-state index in [0.29, 0.717) is 0 Å². The maximum Gasteiger partial charge on any atom is 0.429 e. The first-order valence-corrected chi connectivity index (χ1v) is 5.80. The smallest absolute Gasteiger partial charge is 0.429 e. The van der Waals surface area contributed by atoms with Crippen molar-refractivity contribution in [1.29, 1.82) is 0 Å². The van der Waals surface area contributed by atoms with Gasteiger partial charge < -0.3 is 14.9 Å². The molecule has 1 heterocycles. The lowest BCUT2D eigenvalue weighted by atomic mass is 10.0. The van der Waals surface area contributed by atoms with Gasteiger partial charge in [0.2, 0.25) is 6.10 Å². The lowest BCUT2D eigenvalue weighted by Gasteiger charge is -2.30. The van der Waals surface area contributed by atoms with Crippen LogP contribution in [-0.2, 0) is 0 Å². The summed E-state index contributed by atoms with van der Waals surface area (Å²) in [6, 6.07) is 2.23. The second-order valence-corrected chi connectivity index (χ2v) is 4.68. The van der Waals surface area contributed by atoms with Crippen molar-refractivity contribution in [2.75, 3.05) is 0 Å². The zero-order valence-corrected chi connectivity index (χ0v) is 10.7.